The average Bonchev–Trinajstić information content (AvgIpc) is 2.40. The number of rotatable bonds is 1. The predicted octanol–water partition coefficient (Wildman–Crippen LogP) is 1.87. The van der Waals surface area contributed by atoms with Crippen molar-refractivity contribution in [2.45, 2.75) is 31.8 Å². The first kappa shape index (κ1) is 7.38. The van der Waals surface area contributed by atoms with Crippen molar-refractivity contribution < 1.29 is 14.3 Å². The maximum absolute atomic E-state index is 10.5. The van der Waals surface area contributed by atoms with Gasteiger partial charge in [0.2, 0.25) is 0 Å². The lowest BCUT2D eigenvalue weighted by Gasteiger charge is -2.08. The third kappa shape index (κ3) is 1.90. The number of hydrogen-bond acceptors (Lipinski definition) is 3. The number of ether oxygens (including phenoxy) is 2. The minimum atomic E-state index is -0.660. The second-order valence-electron chi connectivity index (χ2n) is 2.42. The fraction of sp³-hybridized carbons (Fsp3) is 0.714. The van der Waals surface area contributed by atoms with E-state index in [2.05, 4.69) is 11.8 Å². The number of hydrogen-bond donors (Lipinski definition) is 0. The van der Waals surface area contributed by atoms with Crippen molar-refractivity contribution in [1.29, 1.82) is 0 Å². The van der Waals surface area contributed by atoms with Crippen molar-refractivity contribution in [3.8, 4) is 0 Å². The molecule has 1 fully saturated rings. The average molecular weight is 143 g/mol. The van der Waals surface area contributed by atoms with Crippen molar-refractivity contribution in [2.75, 3.05) is 0 Å². The molecule has 1 saturated carbocycles. The molecular weight excluding hydrogens is 132 g/mol. The lowest BCUT2D eigenvalue weighted by Crippen LogP contribution is -2.13. The van der Waals surface area contributed by atoms with Crippen LogP contribution in [0.5, 0.6) is 0 Å². The van der Waals surface area contributed by atoms with E-state index in [9.17, 15) is 4.79 Å². The monoisotopic (exact) mass is 143 g/mol. The summed E-state index contributed by atoms with van der Waals surface area (Å²) < 4.78 is 8.94. The first-order chi connectivity index (χ1) is 4.83. The summed E-state index contributed by atoms with van der Waals surface area (Å²) in [5.74, 6) is 0. The molecule has 0 aliphatic heterocycles. The summed E-state index contributed by atoms with van der Waals surface area (Å²) in [5, 5.41) is 0. The maximum Gasteiger partial charge on any atom is 0.508 e. The van der Waals surface area contributed by atoms with Crippen molar-refractivity contribution in [2.24, 2.45) is 0 Å². The van der Waals surface area contributed by atoms with Gasteiger partial charge < -0.3 is 9.47 Å². The van der Waals surface area contributed by atoms with Gasteiger partial charge in [0.1, 0.15) is 13.2 Å². The van der Waals surface area contributed by atoms with Gasteiger partial charge in [-0.05, 0) is 25.7 Å². The molecule has 0 aromatic rings. The van der Waals surface area contributed by atoms with Gasteiger partial charge in [-0.2, -0.15) is 0 Å². The van der Waals surface area contributed by atoms with Crippen LogP contribution in [0.4, 0.5) is 4.79 Å². The van der Waals surface area contributed by atoms with Gasteiger partial charge >= 0.3 is 6.16 Å². The second-order valence-corrected chi connectivity index (χ2v) is 2.42. The predicted molar refractivity (Wildman–Crippen MR) is 35.2 cm³/mol. The standard InChI is InChI=1S/C7H11O3/c1-9-7(8)10-6-4-2-3-5-6/h6H,1-5H2. The third-order valence-electron chi connectivity index (χ3n) is 1.68. The highest BCUT2D eigenvalue weighted by molar-refractivity contribution is 5.60. The Balaban J connectivity index is 2.17. The van der Waals surface area contributed by atoms with Crippen LogP contribution in [-0.2, 0) is 9.47 Å². The van der Waals surface area contributed by atoms with E-state index in [0.29, 0.717) is 0 Å². The van der Waals surface area contributed by atoms with Crippen LogP contribution >= 0.6 is 0 Å². The van der Waals surface area contributed by atoms with E-state index in [4.69, 9.17) is 4.74 Å². The molecule has 1 rings (SSSR count). The molecule has 0 heterocycles. The molecule has 0 aromatic heterocycles. The van der Waals surface area contributed by atoms with Gasteiger partial charge in [0.25, 0.3) is 0 Å². The first-order valence-corrected chi connectivity index (χ1v) is 3.45. The third-order valence-corrected chi connectivity index (χ3v) is 1.68. The highest BCUT2D eigenvalue weighted by atomic mass is 16.7. The summed E-state index contributed by atoms with van der Waals surface area (Å²) in [6.45, 7) is 0. The molecule has 0 aromatic carbocycles. The highest BCUT2D eigenvalue weighted by Crippen LogP contribution is 2.21. The SMILES string of the molecule is [CH2]OC(=O)OC1CCCC1. The molecule has 57 valence electrons. The van der Waals surface area contributed by atoms with Gasteiger partial charge in [-0.1, -0.05) is 0 Å². The molecule has 0 unspecified atom stereocenters. The smallest absolute Gasteiger partial charge is 0.431 e. The van der Waals surface area contributed by atoms with Crippen LogP contribution in [0.3, 0.4) is 0 Å². The summed E-state index contributed by atoms with van der Waals surface area (Å²) in [7, 11) is 2.95. The Bertz CT molecular complexity index is 116. The molecular formula is C7H11O3. The lowest BCUT2D eigenvalue weighted by molar-refractivity contribution is 0.0479. The maximum atomic E-state index is 10.5. The molecule has 10 heavy (non-hydrogen) atoms. The van der Waals surface area contributed by atoms with Crippen LogP contribution in [0.25, 0.3) is 0 Å². The van der Waals surface area contributed by atoms with Gasteiger partial charge in [0, 0.05) is 0 Å². The van der Waals surface area contributed by atoms with Crippen molar-refractivity contribution in [3.63, 3.8) is 0 Å². The van der Waals surface area contributed by atoms with E-state index in [1.807, 2.05) is 0 Å². The molecule has 1 radical (unpaired) electrons. The summed E-state index contributed by atoms with van der Waals surface area (Å²) in [4.78, 5) is 10.5. The largest absolute Gasteiger partial charge is 0.508 e. The second kappa shape index (κ2) is 3.44. The van der Waals surface area contributed by atoms with Crippen LogP contribution in [0, 0.1) is 7.11 Å². The molecule has 0 amide bonds. The Kier molecular flexibility index (Phi) is 2.54. The van der Waals surface area contributed by atoms with E-state index in [-0.39, 0.29) is 6.10 Å². The molecule has 3 heteroatoms. The van der Waals surface area contributed by atoms with Gasteiger partial charge in [0.15, 0.2) is 0 Å². The minimum absolute atomic E-state index is 0.0780. The Hall–Kier alpha value is -0.730. The summed E-state index contributed by atoms with van der Waals surface area (Å²) in [5.41, 5.74) is 0. The normalized spacial score (nSPS) is 18.9. The molecule has 1 aliphatic carbocycles. The lowest BCUT2D eigenvalue weighted by atomic mass is 10.3. The molecule has 1 aliphatic rings. The van der Waals surface area contributed by atoms with E-state index in [1.54, 1.807) is 0 Å². The van der Waals surface area contributed by atoms with E-state index >= 15 is 0 Å². The topological polar surface area (TPSA) is 35.5 Å². The zero-order valence-electron chi connectivity index (χ0n) is 5.84. The van der Waals surface area contributed by atoms with Crippen LogP contribution in [-0.4, -0.2) is 12.3 Å². The van der Waals surface area contributed by atoms with E-state index in [0.717, 1.165) is 25.7 Å². The molecule has 3 nitrogen and oxygen atoms in total. The zero-order valence-corrected chi connectivity index (χ0v) is 5.84. The Morgan fingerprint density at radius 3 is 2.50 bits per heavy atom. The fourth-order valence-electron chi connectivity index (χ4n) is 1.18. The van der Waals surface area contributed by atoms with Gasteiger partial charge in [-0.15, -0.1) is 0 Å². The Morgan fingerprint density at radius 1 is 1.40 bits per heavy atom. The highest BCUT2D eigenvalue weighted by Gasteiger charge is 2.18. The number of carbonyl (C=O) groups is 1. The first-order valence-electron chi connectivity index (χ1n) is 3.45. The number of carbonyl (C=O) groups excluding carboxylic acids is 1. The van der Waals surface area contributed by atoms with Crippen LogP contribution in [0.15, 0.2) is 0 Å². The summed E-state index contributed by atoms with van der Waals surface area (Å²) in [6, 6.07) is 0. The fourth-order valence-corrected chi connectivity index (χ4v) is 1.18. The molecule has 0 spiro atoms. The molecule has 0 N–H and O–H groups in total. The molecule has 0 atom stereocenters. The van der Waals surface area contributed by atoms with E-state index < -0.39 is 6.16 Å². The van der Waals surface area contributed by atoms with Crippen LogP contribution in [0.2, 0.25) is 0 Å². The van der Waals surface area contributed by atoms with Gasteiger partial charge in [-0.3, -0.25) is 0 Å². The van der Waals surface area contributed by atoms with Gasteiger partial charge in [0.05, 0.1) is 0 Å². The molecule has 0 saturated heterocycles. The van der Waals surface area contributed by atoms with Crippen molar-refractivity contribution in [3.05, 3.63) is 7.11 Å². The Labute approximate surface area is 60.3 Å². The quantitative estimate of drug-likeness (QED) is 0.525. The summed E-state index contributed by atoms with van der Waals surface area (Å²) in [6.07, 6.45) is 3.65. The van der Waals surface area contributed by atoms with Crippen molar-refractivity contribution >= 4 is 6.16 Å². The van der Waals surface area contributed by atoms with Crippen LogP contribution in [0.1, 0.15) is 25.7 Å². The summed E-state index contributed by atoms with van der Waals surface area (Å²) >= 11 is 0. The zero-order chi connectivity index (χ0) is 7.40. The minimum Gasteiger partial charge on any atom is -0.431 e. The van der Waals surface area contributed by atoms with Crippen molar-refractivity contribution in [1.82, 2.24) is 0 Å². The van der Waals surface area contributed by atoms with Crippen LogP contribution < -0.4 is 0 Å². The van der Waals surface area contributed by atoms with Gasteiger partial charge in [-0.25, -0.2) is 4.79 Å². The molecule has 0 bridgehead atoms. The Morgan fingerprint density at radius 2 is 2.00 bits per heavy atom. The van der Waals surface area contributed by atoms with E-state index in [1.165, 1.54) is 0 Å².